The summed E-state index contributed by atoms with van der Waals surface area (Å²) in [6.07, 6.45) is 39.5. The van der Waals surface area contributed by atoms with Crippen LogP contribution in [0.3, 0.4) is 0 Å². The van der Waals surface area contributed by atoms with Crippen LogP contribution in [0.4, 0.5) is 0 Å². The van der Waals surface area contributed by atoms with Gasteiger partial charge >= 0.3 is 0 Å². The maximum absolute atomic E-state index is 2.41. The van der Waals surface area contributed by atoms with Gasteiger partial charge < -0.3 is 0 Å². The number of hydrogen-bond acceptors (Lipinski definition) is 0. The van der Waals surface area contributed by atoms with Crippen molar-refractivity contribution in [2.45, 2.75) is 101 Å². The molecular weight excluding hydrogens is 480 g/mol. The molecule has 0 aromatic heterocycles. The smallest absolute Gasteiger partial charge is 0.00285 e. The van der Waals surface area contributed by atoms with Crippen molar-refractivity contribution in [3.05, 3.63) is 130 Å². The molecule has 0 aromatic rings. The van der Waals surface area contributed by atoms with E-state index in [4.69, 9.17) is 0 Å². The van der Waals surface area contributed by atoms with E-state index in [0.29, 0.717) is 16.7 Å². The molecule has 0 amide bonds. The number of hydrogen-bond donors (Lipinski definition) is 0. The maximum atomic E-state index is 2.41. The van der Waals surface area contributed by atoms with E-state index in [1.165, 1.54) is 65.5 Å². The quantitative estimate of drug-likeness (QED) is 0.192. The van der Waals surface area contributed by atoms with E-state index < -0.39 is 0 Å². The van der Waals surface area contributed by atoms with Gasteiger partial charge in [-0.05, 0) is 90.0 Å². The predicted octanol–water partition coefficient (Wildman–Crippen LogP) is 12.5. The zero-order chi connectivity index (χ0) is 29.8. The summed E-state index contributed by atoms with van der Waals surface area (Å²) in [5.41, 5.74) is 10.2. The fourth-order valence-corrected chi connectivity index (χ4v) is 5.80. The highest BCUT2D eigenvalue weighted by atomic mass is 14.3. The second kappa shape index (κ2) is 15.8. The molecule has 0 nitrogen and oxygen atoms in total. The van der Waals surface area contributed by atoms with Crippen molar-refractivity contribution in [2.24, 2.45) is 16.7 Å². The standard InChI is InChI=1S/C40H56/c1-31(19-13-21-33(3)25-27-37-35(5)23-15-29-39(37,7)8)17-11-12-18-32(2)20-14-22-34(4)26-28-38-36(6)24-16-30-40(38,9)10/h11-14,17-23,25-28,37H,15-16,24,29-30H2,1-10H3/b12-11-,19-13+,20-14+,27-25+,28-26+,31-17+,32-18+,33-21+,34-22+/t37-/m0/s1. The highest BCUT2D eigenvalue weighted by molar-refractivity contribution is 5.37. The molecule has 1 atom stereocenters. The molecular formula is C40H56. The molecule has 0 unspecified atom stereocenters. The van der Waals surface area contributed by atoms with Crippen LogP contribution in [-0.2, 0) is 0 Å². The third-order valence-corrected chi connectivity index (χ3v) is 8.46. The van der Waals surface area contributed by atoms with Crippen LogP contribution in [0, 0.1) is 16.7 Å². The van der Waals surface area contributed by atoms with Gasteiger partial charge in [0.1, 0.15) is 0 Å². The van der Waals surface area contributed by atoms with E-state index in [1.54, 1.807) is 5.57 Å². The minimum Gasteiger partial charge on any atom is -0.0850 e. The van der Waals surface area contributed by atoms with Crippen LogP contribution in [0.15, 0.2) is 130 Å². The Morgan fingerprint density at radius 3 is 1.77 bits per heavy atom. The Bertz CT molecular complexity index is 1200. The van der Waals surface area contributed by atoms with Gasteiger partial charge in [-0.15, -0.1) is 0 Å². The molecule has 0 heteroatoms. The van der Waals surface area contributed by atoms with E-state index in [9.17, 15) is 0 Å². The molecule has 0 radical (unpaired) electrons. The summed E-state index contributed by atoms with van der Waals surface area (Å²) < 4.78 is 0. The lowest BCUT2D eigenvalue weighted by Crippen LogP contribution is -2.26. The average molecular weight is 537 g/mol. The van der Waals surface area contributed by atoms with Crippen LogP contribution in [0.2, 0.25) is 0 Å². The third kappa shape index (κ3) is 11.3. The highest BCUT2D eigenvalue weighted by Gasteiger charge is 2.30. The minimum absolute atomic E-state index is 0.291. The fraction of sp³-hybridized carbons (Fsp3) is 0.450. The maximum Gasteiger partial charge on any atom is 0.00285 e. The van der Waals surface area contributed by atoms with E-state index in [0.717, 1.165) is 0 Å². The molecule has 0 aliphatic heterocycles. The largest absolute Gasteiger partial charge is 0.0850 e. The van der Waals surface area contributed by atoms with Crippen LogP contribution in [0.5, 0.6) is 0 Å². The first-order chi connectivity index (χ1) is 18.8. The molecule has 0 N–H and O–H groups in total. The molecule has 0 saturated carbocycles. The van der Waals surface area contributed by atoms with Crippen molar-refractivity contribution in [3.63, 3.8) is 0 Å². The molecule has 40 heavy (non-hydrogen) atoms. The second-order valence-electron chi connectivity index (χ2n) is 13.3. The summed E-state index contributed by atoms with van der Waals surface area (Å²) in [4.78, 5) is 0. The first-order valence-corrected chi connectivity index (χ1v) is 15.3. The summed E-state index contributed by atoms with van der Waals surface area (Å²) in [6, 6.07) is 0. The zero-order valence-electron chi connectivity index (χ0n) is 27.3. The minimum atomic E-state index is 0.291. The first-order valence-electron chi connectivity index (χ1n) is 15.3. The van der Waals surface area contributed by atoms with Crippen LogP contribution >= 0.6 is 0 Å². The van der Waals surface area contributed by atoms with Gasteiger partial charge in [-0.3, -0.25) is 0 Å². The summed E-state index contributed by atoms with van der Waals surface area (Å²) >= 11 is 0. The van der Waals surface area contributed by atoms with Gasteiger partial charge in [0, 0.05) is 5.92 Å². The SMILES string of the molecule is CC1=CCCC(C)(C)[C@H]1/C=C/C(C)=C/C=C/C(C)=C/C=C\C=C(C)\C=C\C=C(C)\C=C\C1=C(C)CCCC1(C)C. The van der Waals surface area contributed by atoms with Crippen molar-refractivity contribution in [2.75, 3.05) is 0 Å². The molecule has 216 valence electrons. The Balaban J connectivity index is 1.88. The Hall–Kier alpha value is -2.86. The summed E-state index contributed by atoms with van der Waals surface area (Å²) in [7, 11) is 0. The third-order valence-electron chi connectivity index (χ3n) is 8.46. The van der Waals surface area contributed by atoms with E-state index >= 15 is 0 Å². The van der Waals surface area contributed by atoms with Crippen molar-refractivity contribution in [1.29, 1.82) is 0 Å². The molecule has 2 aliphatic carbocycles. The van der Waals surface area contributed by atoms with Gasteiger partial charge in [0.05, 0.1) is 0 Å². The Kier molecular flexibility index (Phi) is 13.2. The molecule has 0 bridgehead atoms. The Morgan fingerprint density at radius 2 is 1.23 bits per heavy atom. The van der Waals surface area contributed by atoms with Crippen LogP contribution < -0.4 is 0 Å². The molecule has 0 saturated heterocycles. The van der Waals surface area contributed by atoms with E-state index in [1.807, 2.05) is 0 Å². The van der Waals surface area contributed by atoms with Gasteiger partial charge in [-0.25, -0.2) is 0 Å². The first kappa shape index (κ1) is 33.3. The lowest BCUT2D eigenvalue weighted by molar-refractivity contribution is 0.255. The molecule has 0 spiro atoms. The van der Waals surface area contributed by atoms with Crippen molar-refractivity contribution in [3.8, 4) is 0 Å². The van der Waals surface area contributed by atoms with Crippen molar-refractivity contribution in [1.82, 2.24) is 0 Å². The summed E-state index contributed by atoms with van der Waals surface area (Å²) in [5, 5.41) is 0. The van der Waals surface area contributed by atoms with Crippen LogP contribution in [0.25, 0.3) is 0 Å². The molecule has 0 heterocycles. The Labute approximate surface area is 247 Å². The highest BCUT2D eigenvalue weighted by Crippen LogP contribution is 2.42. The van der Waals surface area contributed by atoms with Gasteiger partial charge in [-0.2, -0.15) is 0 Å². The lowest BCUT2D eigenvalue weighted by Gasteiger charge is -2.36. The number of rotatable bonds is 10. The van der Waals surface area contributed by atoms with Gasteiger partial charge in [0.25, 0.3) is 0 Å². The molecule has 2 rings (SSSR count). The second-order valence-corrected chi connectivity index (χ2v) is 13.3. The van der Waals surface area contributed by atoms with Gasteiger partial charge in [0.15, 0.2) is 0 Å². The van der Waals surface area contributed by atoms with Crippen molar-refractivity contribution < 1.29 is 0 Å². The zero-order valence-corrected chi connectivity index (χ0v) is 27.3. The van der Waals surface area contributed by atoms with Gasteiger partial charge in [0.2, 0.25) is 0 Å². The summed E-state index contributed by atoms with van der Waals surface area (Å²) in [6.45, 7) is 22.7. The van der Waals surface area contributed by atoms with E-state index in [2.05, 4.69) is 160 Å². The molecule has 0 fully saturated rings. The van der Waals surface area contributed by atoms with Crippen molar-refractivity contribution >= 4 is 0 Å². The normalized spacial score (nSPS) is 23.6. The Morgan fingerprint density at radius 1 is 0.700 bits per heavy atom. The number of allylic oxidation sites excluding steroid dienone is 22. The summed E-state index contributed by atoms with van der Waals surface area (Å²) in [5.74, 6) is 0.532. The average Bonchev–Trinajstić information content (AvgIpc) is 2.85. The van der Waals surface area contributed by atoms with Crippen LogP contribution in [-0.4, -0.2) is 0 Å². The lowest BCUT2D eigenvalue weighted by atomic mass is 9.68. The fourth-order valence-electron chi connectivity index (χ4n) is 5.80. The molecule has 0 aromatic carbocycles. The topological polar surface area (TPSA) is 0 Å². The monoisotopic (exact) mass is 536 g/mol. The van der Waals surface area contributed by atoms with Crippen LogP contribution in [0.1, 0.15) is 101 Å². The predicted molar refractivity (Wildman–Crippen MR) is 181 cm³/mol. The van der Waals surface area contributed by atoms with E-state index in [-0.39, 0.29) is 0 Å². The molecule has 2 aliphatic rings. The van der Waals surface area contributed by atoms with Gasteiger partial charge in [-0.1, -0.05) is 152 Å².